The van der Waals surface area contributed by atoms with Crippen LogP contribution in [0.5, 0.6) is 0 Å². The molecule has 0 aliphatic carbocycles. The zero-order valence-corrected chi connectivity index (χ0v) is 12.5. The van der Waals surface area contributed by atoms with Gasteiger partial charge in [-0.15, -0.1) is 11.3 Å². The molecule has 1 aromatic heterocycles. The third kappa shape index (κ3) is 2.65. The zero-order chi connectivity index (χ0) is 14.2. The maximum Gasteiger partial charge on any atom is 0.303 e. The Bertz CT molecular complexity index is 503. The Labute approximate surface area is 122 Å². The van der Waals surface area contributed by atoms with Crippen LogP contribution in [0.3, 0.4) is 0 Å². The number of Topliss-reactive ketones (excluding diaryl/α,β-unsaturated/α-hetero) is 1. The topological polar surface area (TPSA) is 43.4 Å². The standard InChI is InChI=1S/C15H20NO3S/c1-11(17)19-14-10-16(6-4-12(14)5-7-16)9-13(18)15-3-2-8-20-15/h2-3,8,12,14H,4-7,9-10H2,1H3/q+1. The van der Waals surface area contributed by atoms with E-state index in [1.54, 1.807) is 0 Å². The number of thiophene rings is 1. The number of hydrogen-bond donors (Lipinski definition) is 0. The van der Waals surface area contributed by atoms with Crippen LogP contribution < -0.4 is 0 Å². The molecular weight excluding hydrogens is 274 g/mol. The number of nitrogens with zero attached hydrogens (tertiary/aromatic N) is 1. The fourth-order valence-electron chi connectivity index (χ4n) is 3.61. The fourth-order valence-corrected chi connectivity index (χ4v) is 4.27. The summed E-state index contributed by atoms with van der Waals surface area (Å²) in [6.07, 6.45) is 2.14. The monoisotopic (exact) mass is 294 g/mol. The predicted molar refractivity (Wildman–Crippen MR) is 76.7 cm³/mol. The summed E-state index contributed by atoms with van der Waals surface area (Å²) in [6, 6.07) is 3.81. The molecule has 3 aliphatic heterocycles. The van der Waals surface area contributed by atoms with E-state index in [9.17, 15) is 9.59 Å². The maximum atomic E-state index is 12.4. The van der Waals surface area contributed by atoms with Gasteiger partial charge in [0.15, 0.2) is 6.10 Å². The lowest BCUT2D eigenvalue weighted by molar-refractivity contribution is -0.938. The molecule has 0 radical (unpaired) electrons. The normalized spacial score (nSPS) is 32.0. The van der Waals surface area contributed by atoms with E-state index in [1.165, 1.54) is 18.3 Å². The van der Waals surface area contributed by atoms with Crippen molar-refractivity contribution < 1.29 is 18.8 Å². The Morgan fingerprint density at radius 1 is 1.40 bits per heavy atom. The van der Waals surface area contributed by atoms with Gasteiger partial charge in [-0.25, -0.2) is 0 Å². The zero-order valence-electron chi connectivity index (χ0n) is 11.7. The molecule has 0 amide bonds. The lowest BCUT2D eigenvalue weighted by Gasteiger charge is -2.51. The molecule has 1 aromatic rings. The summed E-state index contributed by atoms with van der Waals surface area (Å²) >= 11 is 1.51. The second kappa shape index (κ2) is 5.30. The number of carbonyl (C=O) groups is 2. The summed E-state index contributed by atoms with van der Waals surface area (Å²) in [5.41, 5.74) is 0. The third-order valence-electron chi connectivity index (χ3n) is 4.63. The number of piperidine rings is 3. The lowest BCUT2D eigenvalue weighted by atomic mass is 9.83. The van der Waals surface area contributed by atoms with Gasteiger partial charge in [0.25, 0.3) is 0 Å². The van der Waals surface area contributed by atoms with Crippen molar-refractivity contribution in [3.8, 4) is 0 Å². The number of ketones is 1. The van der Waals surface area contributed by atoms with Gasteiger partial charge in [0, 0.05) is 25.7 Å². The Morgan fingerprint density at radius 3 is 2.75 bits per heavy atom. The van der Waals surface area contributed by atoms with Gasteiger partial charge in [-0.3, -0.25) is 9.59 Å². The average Bonchev–Trinajstić information content (AvgIpc) is 2.92. The van der Waals surface area contributed by atoms with Crippen molar-refractivity contribution in [3.05, 3.63) is 22.4 Å². The van der Waals surface area contributed by atoms with Gasteiger partial charge in [0.2, 0.25) is 5.78 Å². The Morgan fingerprint density at radius 2 is 2.15 bits per heavy atom. The smallest absolute Gasteiger partial charge is 0.303 e. The molecule has 0 aromatic carbocycles. The van der Waals surface area contributed by atoms with Crippen LogP contribution in [-0.4, -0.2) is 48.5 Å². The molecule has 2 bridgehead atoms. The lowest BCUT2D eigenvalue weighted by Crippen LogP contribution is -2.65. The van der Waals surface area contributed by atoms with Gasteiger partial charge in [-0.1, -0.05) is 6.07 Å². The van der Waals surface area contributed by atoms with Crippen LogP contribution >= 0.6 is 11.3 Å². The number of quaternary nitrogens is 1. The van der Waals surface area contributed by atoms with Crippen LogP contribution in [-0.2, 0) is 9.53 Å². The Kier molecular flexibility index (Phi) is 3.65. The minimum Gasteiger partial charge on any atom is -0.456 e. The van der Waals surface area contributed by atoms with Crippen molar-refractivity contribution in [2.75, 3.05) is 26.2 Å². The minimum absolute atomic E-state index is 0.00568. The molecule has 3 saturated heterocycles. The molecule has 5 heteroatoms. The molecule has 4 rings (SSSR count). The molecule has 3 aliphatic rings. The molecule has 4 nitrogen and oxygen atoms in total. The highest BCUT2D eigenvalue weighted by molar-refractivity contribution is 7.12. The van der Waals surface area contributed by atoms with Crippen LogP contribution in [0.4, 0.5) is 0 Å². The van der Waals surface area contributed by atoms with Gasteiger partial charge in [0.1, 0.15) is 13.1 Å². The van der Waals surface area contributed by atoms with Gasteiger partial charge in [0.05, 0.1) is 18.0 Å². The summed E-state index contributed by atoms with van der Waals surface area (Å²) in [4.78, 5) is 24.4. The number of rotatable bonds is 4. The fraction of sp³-hybridized carbons (Fsp3) is 0.600. The summed E-state index contributed by atoms with van der Waals surface area (Å²) in [6.45, 7) is 4.91. The van der Waals surface area contributed by atoms with E-state index in [2.05, 4.69) is 0 Å². The van der Waals surface area contributed by atoms with E-state index in [4.69, 9.17) is 4.74 Å². The molecule has 1 unspecified atom stereocenters. The number of fused-ring (bicyclic) bond motifs is 3. The molecular formula is C15H20NO3S+. The van der Waals surface area contributed by atoms with Crippen molar-refractivity contribution in [1.82, 2.24) is 0 Å². The van der Waals surface area contributed by atoms with E-state index in [1.807, 2.05) is 17.5 Å². The summed E-state index contributed by atoms with van der Waals surface area (Å²) < 4.78 is 6.26. The maximum absolute atomic E-state index is 12.4. The average molecular weight is 294 g/mol. The van der Waals surface area contributed by atoms with E-state index in [0.717, 1.165) is 41.8 Å². The van der Waals surface area contributed by atoms with Gasteiger partial charge in [-0.05, 0) is 11.4 Å². The summed E-state index contributed by atoms with van der Waals surface area (Å²) in [5, 5.41) is 1.94. The molecule has 108 valence electrons. The van der Waals surface area contributed by atoms with Crippen LogP contribution in [0.1, 0.15) is 29.4 Å². The van der Waals surface area contributed by atoms with Gasteiger partial charge in [-0.2, -0.15) is 0 Å². The quantitative estimate of drug-likeness (QED) is 0.485. The Balaban J connectivity index is 1.71. The molecule has 0 saturated carbocycles. The minimum atomic E-state index is -0.202. The van der Waals surface area contributed by atoms with Crippen molar-refractivity contribution in [2.45, 2.75) is 25.9 Å². The first-order valence-electron chi connectivity index (χ1n) is 7.17. The van der Waals surface area contributed by atoms with Crippen LogP contribution in [0.25, 0.3) is 0 Å². The van der Waals surface area contributed by atoms with E-state index >= 15 is 0 Å². The number of ether oxygens (including phenoxy) is 1. The number of hydrogen-bond acceptors (Lipinski definition) is 4. The first-order valence-corrected chi connectivity index (χ1v) is 8.05. The predicted octanol–water partition coefficient (Wildman–Crippen LogP) is 2.10. The van der Waals surface area contributed by atoms with Crippen molar-refractivity contribution >= 4 is 23.1 Å². The molecule has 0 spiro atoms. The highest BCUT2D eigenvalue weighted by Gasteiger charge is 2.48. The van der Waals surface area contributed by atoms with Crippen LogP contribution in [0.15, 0.2) is 17.5 Å². The first kappa shape index (κ1) is 13.8. The second-order valence-electron chi connectivity index (χ2n) is 6.02. The molecule has 4 heterocycles. The summed E-state index contributed by atoms with van der Waals surface area (Å²) in [5.74, 6) is 0.518. The molecule has 1 atom stereocenters. The second-order valence-corrected chi connectivity index (χ2v) is 6.96. The molecule has 3 fully saturated rings. The third-order valence-corrected chi connectivity index (χ3v) is 5.54. The Hall–Kier alpha value is -1.20. The van der Waals surface area contributed by atoms with E-state index in [0.29, 0.717) is 12.5 Å². The molecule has 20 heavy (non-hydrogen) atoms. The highest BCUT2D eigenvalue weighted by Crippen LogP contribution is 2.35. The number of esters is 1. The first-order chi connectivity index (χ1) is 9.58. The van der Waals surface area contributed by atoms with Crippen LogP contribution in [0, 0.1) is 5.92 Å². The summed E-state index contributed by atoms with van der Waals surface area (Å²) in [7, 11) is 0. The van der Waals surface area contributed by atoms with Gasteiger partial charge < -0.3 is 9.22 Å². The van der Waals surface area contributed by atoms with E-state index in [-0.39, 0.29) is 17.9 Å². The largest absolute Gasteiger partial charge is 0.456 e. The van der Waals surface area contributed by atoms with Crippen molar-refractivity contribution in [3.63, 3.8) is 0 Å². The van der Waals surface area contributed by atoms with Crippen molar-refractivity contribution in [2.24, 2.45) is 5.92 Å². The van der Waals surface area contributed by atoms with Crippen LogP contribution in [0.2, 0.25) is 0 Å². The van der Waals surface area contributed by atoms with Crippen molar-refractivity contribution in [1.29, 1.82) is 0 Å². The molecule has 0 N–H and O–H groups in total. The highest BCUT2D eigenvalue weighted by atomic mass is 32.1. The van der Waals surface area contributed by atoms with E-state index < -0.39 is 0 Å². The SMILES string of the molecule is CC(=O)OC1C[N+]2(CC(=O)c3cccs3)CCC1CC2. The number of carbonyl (C=O) groups excluding carboxylic acids is 2. The van der Waals surface area contributed by atoms with Gasteiger partial charge >= 0.3 is 5.97 Å².